The van der Waals surface area contributed by atoms with Crippen LogP contribution in [0.1, 0.15) is 49.7 Å². The molecule has 0 radical (unpaired) electrons. The van der Waals surface area contributed by atoms with Crippen molar-refractivity contribution in [2.75, 3.05) is 32.1 Å². The number of aryl methyl sites for hydroxylation is 4. The molecule has 1 aromatic carbocycles. The average molecular weight is 455 g/mol. The molecule has 1 aromatic heterocycles. The SMILES string of the molecule is CCO[C@H]1CN(C(=O)O)C[C@H]1Nc1nc(CC)c(-c2cc3c(cc2OC)CCC3)nc1CC. The second kappa shape index (κ2) is 9.95. The first-order valence-electron chi connectivity index (χ1n) is 11.9. The minimum absolute atomic E-state index is 0.175. The zero-order valence-electron chi connectivity index (χ0n) is 20.0. The van der Waals surface area contributed by atoms with Crippen molar-refractivity contribution in [2.24, 2.45) is 0 Å². The van der Waals surface area contributed by atoms with Gasteiger partial charge in [-0.3, -0.25) is 0 Å². The molecule has 1 amide bonds. The van der Waals surface area contributed by atoms with Crippen molar-refractivity contribution in [3.05, 3.63) is 34.6 Å². The Balaban J connectivity index is 1.71. The van der Waals surface area contributed by atoms with E-state index in [-0.39, 0.29) is 12.1 Å². The van der Waals surface area contributed by atoms with Crippen LogP contribution in [0, 0.1) is 0 Å². The summed E-state index contributed by atoms with van der Waals surface area (Å²) in [5, 5.41) is 12.9. The Labute approximate surface area is 195 Å². The Morgan fingerprint density at radius 2 is 1.85 bits per heavy atom. The lowest BCUT2D eigenvalue weighted by Gasteiger charge is -2.22. The van der Waals surface area contributed by atoms with Crippen LogP contribution in [0.2, 0.25) is 0 Å². The minimum Gasteiger partial charge on any atom is -0.496 e. The van der Waals surface area contributed by atoms with Crippen LogP contribution in [0.5, 0.6) is 5.75 Å². The van der Waals surface area contributed by atoms with Crippen LogP contribution in [-0.2, 0) is 30.4 Å². The molecule has 2 atom stereocenters. The monoisotopic (exact) mass is 454 g/mol. The molecule has 0 unspecified atom stereocenters. The third-order valence-electron chi connectivity index (χ3n) is 6.62. The molecule has 0 spiro atoms. The normalized spacial score (nSPS) is 19.6. The van der Waals surface area contributed by atoms with E-state index in [1.165, 1.54) is 22.4 Å². The van der Waals surface area contributed by atoms with Crippen molar-refractivity contribution in [3.8, 4) is 17.0 Å². The molecule has 1 aliphatic carbocycles. The molecule has 8 heteroatoms. The summed E-state index contributed by atoms with van der Waals surface area (Å²) in [7, 11) is 1.71. The summed E-state index contributed by atoms with van der Waals surface area (Å²) < 4.78 is 11.6. The minimum atomic E-state index is -0.931. The van der Waals surface area contributed by atoms with E-state index in [9.17, 15) is 9.90 Å². The van der Waals surface area contributed by atoms with E-state index in [0.29, 0.717) is 31.9 Å². The second-order valence-electron chi connectivity index (χ2n) is 8.63. The van der Waals surface area contributed by atoms with Crippen molar-refractivity contribution < 1.29 is 19.4 Å². The van der Waals surface area contributed by atoms with Crippen molar-refractivity contribution in [2.45, 2.75) is 65.0 Å². The molecular formula is C25H34N4O4. The third-order valence-corrected chi connectivity index (χ3v) is 6.62. The van der Waals surface area contributed by atoms with Crippen LogP contribution in [-0.4, -0.2) is 65.0 Å². The molecule has 178 valence electrons. The van der Waals surface area contributed by atoms with Crippen molar-refractivity contribution in [1.29, 1.82) is 0 Å². The largest absolute Gasteiger partial charge is 0.496 e. The highest BCUT2D eigenvalue weighted by atomic mass is 16.5. The summed E-state index contributed by atoms with van der Waals surface area (Å²) in [5.41, 5.74) is 6.34. The number of fused-ring (bicyclic) bond motifs is 1. The Bertz CT molecular complexity index is 1030. The molecule has 33 heavy (non-hydrogen) atoms. The summed E-state index contributed by atoms with van der Waals surface area (Å²) in [5.74, 6) is 1.55. The topological polar surface area (TPSA) is 96.8 Å². The van der Waals surface area contributed by atoms with E-state index in [0.717, 1.165) is 47.7 Å². The van der Waals surface area contributed by atoms with Gasteiger partial charge in [0.1, 0.15) is 11.6 Å². The van der Waals surface area contributed by atoms with Crippen LogP contribution in [0.15, 0.2) is 12.1 Å². The molecule has 8 nitrogen and oxygen atoms in total. The number of aromatic nitrogens is 2. The first-order valence-corrected chi connectivity index (χ1v) is 11.9. The highest BCUT2D eigenvalue weighted by Gasteiger charge is 2.36. The molecule has 1 saturated heterocycles. The van der Waals surface area contributed by atoms with E-state index >= 15 is 0 Å². The molecule has 2 heterocycles. The van der Waals surface area contributed by atoms with Gasteiger partial charge in [0.05, 0.1) is 42.9 Å². The van der Waals surface area contributed by atoms with Gasteiger partial charge in [-0.15, -0.1) is 0 Å². The smallest absolute Gasteiger partial charge is 0.407 e. The maximum atomic E-state index is 11.5. The number of anilines is 1. The Kier molecular flexibility index (Phi) is 7.02. The van der Waals surface area contributed by atoms with Gasteiger partial charge in [0.2, 0.25) is 0 Å². The number of hydrogen-bond donors (Lipinski definition) is 2. The lowest BCUT2D eigenvalue weighted by molar-refractivity contribution is 0.0629. The van der Waals surface area contributed by atoms with Crippen LogP contribution in [0.4, 0.5) is 10.6 Å². The van der Waals surface area contributed by atoms with Gasteiger partial charge in [0, 0.05) is 18.7 Å². The Hall–Kier alpha value is -2.87. The van der Waals surface area contributed by atoms with Gasteiger partial charge in [-0.25, -0.2) is 14.8 Å². The lowest BCUT2D eigenvalue weighted by atomic mass is 10.0. The number of nitrogens with zero attached hydrogens (tertiary/aromatic N) is 3. The maximum Gasteiger partial charge on any atom is 0.407 e. The molecule has 4 rings (SSSR count). The highest BCUT2D eigenvalue weighted by molar-refractivity contribution is 5.72. The van der Waals surface area contributed by atoms with Crippen molar-refractivity contribution in [3.63, 3.8) is 0 Å². The van der Waals surface area contributed by atoms with E-state index in [2.05, 4.69) is 31.3 Å². The fraction of sp³-hybridized carbons (Fsp3) is 0.560. The zero-order chi connectivity index (χ0) is 23.5. The van der Waals surface area contributed by atoms with Crippen molar-refractivity contribution in [1.82, 2.24) is 14.9 Å². The van der Waals surface area contributed by atoms with E-state index in [4.69, 9.17) is 19.4 Å². The quantitative estimate of drug-likeness (QED) is 0.623. The summed E-state index contributed by atoms with van der Waals surface area (Å²) in [6.07, 6.45) is 3.63. The summed E-state index contributed by atoms with van der Waals surface area (Å²) in [6, 6.07) is 4.21. The van der Waals surface area contributed by atoms with E-state index in [1.807, 2.05) is 6.92 Å². The maximum absolute atomic E-state index is 11.5. The predicted molar refractivity (Wildman–Crippen MR) is 127 cm³/mol. The number of rotatable bonds is 8. The number of likely N-dealkylation sites (tertiary alicyclic amines) is 1. The summed E-state index contributed by atoms with van der Waals surface area (Å²) in [6.45, 7) is 7.29. The van der Waals surface area contributed by atoms with Gasteiger partial charge in [0.25, 0.3) is 0 Å². The number of carbonyl (C=O) groups is 1. The predicted octanol–water partition coefficient (Wildman–Crippen LogP) is 3.94. The number of ether oxygens (including phenoxy) is 2. The number of benzene rings is 1. The van der Waals surface area contributed by atoms with Gasteiger partial charge >= 0.3 is 6.09 Å². The number of hydrogen-bond acceptors (Lipinski definition) is 6. The molecule has 1 aliphatic heterocycles. The second-order valence-corrected chi connectivity index (χ2v) is 8.63. The molecular weight excluding hydrogens is 420 g/mol. The fourth-order valence-electron chi connectivity index (χ4n) is 4.91. The summed E-state index contributed by atoms with van der Waals surface area (Å²) in [4.78, 5) is 23.0. The Morgan fingerprint density at radius 3 is 2.48 bits per heavy atom. The zero-order valence-corrected chi connectivity index (χ0v) is 20.0. The summed E-state index contributed by atoms with van der Waals surface area (Å²) >= 11 is 0. The molecule has 0 bridgehead atoms. The molecule has 2 aromatic rings. The van der Waals surface area contributed by atoms with Crippen LogP contribution in [0.3, 0.4) is 0 Å². The van der Waals surface area contributed by atoms with Gasteiger partial charge in [0.15, 0.2) is 0 Å². The standard InChI is InChI=1S/C25H34N4O4/c1-5-18-23(17-11-15-9-8-10-16(15)12-21(17)32-4)26-19(6-2)24(27-18)28-20-13-29(25(30)31)14-22(20)33-7-3/h11-12,20,22H,5-10,13-14H2,1-4H3,(H,27,28)(H,30,31)/t20-,22+/m1/s1. The third kappa shape index (κ3) is 4.62. The van der Waals surface area contributed by atoms with Crippen LogP contribution in [0.25, 0.3) is 11.3 Å². The molecule has 0 saturated carbocycles. The van der Waals surface area contributed by atoms with E-state index in [1.54, 1.807) is 7.11 Å². The van der Waals surface area contributed by atoms with Gasteiger partial charge < -0.3 is 24.8 Å². The first kappa shape index (κ1) is 23.3. The molecule has 2 N–H and O–H groups in total. The van der Waals surface area contributed by atoms with Crippen LogP contribution < -0.4 is 10.1 Å². The number of amides is 1. The number of nitrogens with one attached hydrogen (secondary N) is 1. The Morgan fingerprint density at radius 1 is 1.12 bits per heavy atom. The fourth-order valence-corrected chi connectivity index (χ4v) is 4.91. The average Bonchev–Trinajstić information content (AvgIpc) is 3.44. The number of carboxylic acid groups (broad SMARTS) is 1. The molecule has 2 aliphatic rings. The molecule has 1 fully saturated rings. The van der Waals surface area contributed by atoms with Crippen molar-refractivity contribution >= 4 is 11.9 Å². The van der Waals surface area contributed by atoms with Gasteiger partial charge in [-0.2, -0.15) is 0 Å². The van der Waals surface area contributed by atoms with Gasteiger partial charge in [-0.05, 0) is 62.3 Å². The highest BCUT2D eigenvalue weighted by Crippen LogP contribution is 2.37. The van der Waals surface area contributed by atoms with Crippen LogP contribution >= 0.6 is 0 Å². The lowest BCUT2D eigenvalue weighted by Crippen LogP contribution is -2.35. The van der Waals surface area contributed by atoms with E-state index < -0.39 is 6.09 Å². The van der Waals surface area contributed by atoms with Gasteiger partial charge in [-0.1, -0.05) is 13.8 Å². The number of methoxy groups -OCH3 is 1. The first-order chi connectivity index (χ1) is 16.0.